The standard InChI is InChI=1S/C14H23N3/c1-4-6-7-10-17(3)12-8-9-14(16-11-12)13(15)5-2/h4,8-9,11,13H,1,5-7,10,15H2,2-3H3. The second kappa shape index (κ2) is 7.07. The summed E-state index contributed by atoms with van der Waals surface area (Å²) in [6.45, 7) is 6.82. The summed E-state index contributed by atoms with van der Waals surface area (Å²) in [5.41, 5.74) is 8.04. The first kappa shape index (κ1) is 13.7. The number of hydrogen-bond donors (Lipinski definition) is 1. The van der Waals surface area contributed by atoms with Crippen molar-refractivity contribution in [3.8, 4) is 0 Å². The van der Waals surface area contributed by atoms with Crippen LogP contribution in [0.1, 0.15) is 37.9 Å². The molecule has 0 aliphatic carbocycles. The average molecular weight is 233 g/mol. The second-order valence-electron chi connectivity index (χ2n) is 4.31. The first-order valence-electron chi connectivity index (χ1n) is 6.22. The van der Waals surface area contributed by atoms with Crippen LogP contribution in [0.2, 0.25) is 0 Å². The lowest BCUT2D eigenvalue weighted by Crippen LogP contribution is -2.19. The van der Waals surface area contributed by atoms with E-state index in [9.17, 15) is 0 Å². The maximum absolute atomic E-state index is 5.93. The molecular formula is C14H23N3. The lowest BCUT2D eigenvalue weighted by atomic mass is 10.1. The SMILES string of the molecule is C=CCCCN(C)c1ccc(C(N)CC)nc1. The highest BCUT2D eigenvalue weighted by molar-refractivity contribution is 5.43. The molecule has 1 rings (SSSR count). The molecule has 0 aliphatic heterocycles. The molecule has 1 atom stereocenters. The lowest BCUT2D eigenvalue weighted by Gasteiger charge is -2.19. The smallest absolute Gasteiger partial charge is 0.0572 e. The van der Waals surface area contributed by atoms with E-state index in [1.807, 2.05) is 18.3 Å². The summed E-state index contributed by atoms with van der Waals surface area (Å²) in [6, 6.07) is 4.16. The molecule has 0 radical (unpaired) electrons. The normalized spacial score (nSPS) is 12.2. The molecule has 0 fully saturated rings. The van der Waals surface area contributed by atoms with Gasteiger partial charge in [-0.15, -0.1) is 6.58 Å². The van der Waals surface area contributed by atoms with Crippen LogP contribution in [0, 0.1) is 0 Å². The van der Waals surface area contributed by atoms with Crippen LogP contribution in [0.4, 0.5) is 5.69 Å². The van der Waals surface area contributed by atoms with Gasteiger partial charge in [0, 0.05) is 19.6 Å². The van der Waals surface area contributed by atoms with E-state index in [1.165, 1.54) is 0 Å². The molecule has 3 heteroatoms. The summed E-state index contributed by atoms with van der Waals surface area (Å²) in [4.78, 5) is 6.62. The van der Waals surface area contributed by atoms with Crippen LogP contribution in [0.15, 0.2) is 31.0 Å². The van der Waals surface area contributed by atoms with Gasteiger partial charge < -0.3 is 10.6 Å². The number of aromatic nitrogens is 1. The molecule has 0 aliphatic rings. The van der Waals surface area contributed by atoms with E-state index in [2.05, 4.69) is 36.5 Å². The van der Waals surface area contributed by atoms with E-state index in [1.54, 1.807) is 0 Å². The van der Waals surface area contributed by atoms with E-state index in [-0.39, 0.29) is 6.04 Å². The third-order valence-electron chi connectivity index (χ3n) is 2.93. The minimum absolute atomic E-state index is 0.0510. The quantitative estimate of drug-likeness (QED) is 0.581. The van der Waals surface area contributed by atoms with Gasteiger partial charge in [0.2, 0.25) is 0 Å². The number of rotatable bonds is 7. The van der Waals surface area contributed by atoms with Crippen LogP contribution in [0.3, 0.4) is 0 Å². The third-order valence-corrected chi connectivity index (χ3v) is 2.93. The summed E-state index contributed by atoms with van der Waals surface area (Å²) in [6.07, 6.45) is 6.95. The van der Waals surface area contributed by atoms with E-state index >= 15 is 0 Å². The highest BCUT2D eigenvalue weighted by Gasteiger charge is 2.06. The Morgan fingerprint density at radius 3 is 2.82 bits per heavy atom. The number of pyridine rings is 1. The highest BCUT2D eigenvalue weighted by Crippen LogP contribution is 2.16. The molecule has 0 saturated heterocycles. The number of unbranched alkanes of at least 4 members (excludes halogenated alkanes) is 1. The Morgan fingerprint density at radius 1 is 1.53 bits per heavy atom. The van der Waals surface area contributed by atoms with Crippen molar-refractivity contribution in [1.29, 1.82) is 0 Å². The van der Waals surface area contributed by atoms with Gasteiger partial charge in [-0.25, -0.2) is 0 Å². The molecule has 2 N–H and O–H groups in total. The van der Waals surface area contributed by atoms with Crippen molar-refractivity contribution in [2.45, 2.75) is 32.2 Å². The molecule has 94 valence electrons. The van der Waals surface area contributed by atoms with E-state index in [0.29, 0.717) is 0 Å². The molecule has 0 bridgehead atoms. The monoisotopic (exact) mass is 233 g/mol. The zero-order valence-electron chi connectivity index (χ0n) is 10.9. The predicted octanol–water partition coefficient (Wildman–Crippen LogP) is 2.89. The van der Waals surface area contributed by atoms with Crippen molar-refractivity contribution in [2.24, 2.45) is 5.73 Å². The maximum Gasteiger partial charge on any atom is 0.0572 e. The number of hydrogen-bond acceptors (Lipinski definition) is 3. The Morgan fingerprint density at radius 2 is 2.29 bits per heavy atom. The fourth-order valence-corrected chi connectivity index (χ4v) is 1.65. The summed E-state index contributed by atoms with van der Waals surface area (Å²) in [7, 11) is 2.08. The van der Waals surface area contributed by atoms with E-state index in [0.717, 1.165) is 37.2 Å². The van der Waals surface area contributed by atoms with E-state index in [4.69, 9.17) is 5.73 Å². The number of nitrogens with two attached hydrogens (primary N) is 1. The van der Waals surface area contributed by atoms with Crippen molar-refractivity contribution in [2.75, 3.05) is 18.5 Å². The zero-order chi connectivity index (χ0) is 12.7. The largest absolute Gasteiger partial charge is 0.373 e. The molecule has 0 amide bonds. The Labute approximate surface area is 104 Å². The van der Waals surface area contributed by atoms with Crippen molar-refractivity contribution in [3.63, 3.8) is 0 Å². The number of allylic oxidation sites excluding steroid dienone is 1. The second-order valence-corrected chi connectivity index (χ2v) is 4.31. The topological polar surface area (TPSA) is 42.1 Å². The van der Waals surface area contributed by atoms with Gasteiger partial charge in [-0.2, -0.15) is 0 Å². The zero-order valence-corrected chi connectivity index (χ0v) is 10.9. The average Bonchev–Trinajstić information content (AvgIpc) is 2.38. The molecule has 3 nitrogen and oxygen atoms in total. The number of anilines is 1. The van der Waals surface area contributed by atoms with Crippen LogP contribution in [0.5, 0.6) is 0 Å². The Bertz CT molecular complexity index is 332. The summed E-state index contributed by atoms with van der Waals surface area (Å²) >= 11 is 0. The first-order valence-corrected chi connectivity index (χ1v) is 6.22. The molecule has 1 heterocycles. The molecule has 0 aromatic carbocycles. The fraction of sp³-hybridized carbons (Fsp3) is 0.500. The molecule has 0 spiro atoms. The lowest BCUT2D eigenvalue weighted by molar-refractivity contribution is 0.675. The van der Waals surface area contributed by atoms with Crippen molar-refractivity contribution < 1.29 is 0 Å². The Balaban J connectivity index is 2.57. The van der Waals surface area contributed by atoms with Crippen LogP contribution in [-0.4, -0.2) is 18.6 Å². The highest BCUT2D eigenvalue weighted by atomic mass is 15.1. The third kappa shape index (κ3) is 4.19. The van der Waals surface area contributed by atoms with Gasteiger partial charge in [-0.05, 0) is 31.4 Å². The minimum atomic E-state index is 0.0510. The summed E-state index contributed by atoms with van der Waals surface area (Å²) in [5.74, 6) is 0. The summed E-state index contributed by atoms with van der Waals surface area (Å²) in [5, 5.41) is 0. The molecule has 1 aromatic rings. The van der Waals surface area contributed by atoms with Crippen LogP contribution >= 0.6 is 0 Å². The molecule has 1 unspecified atom stereocenters. The molecule has 0 saturated carbocycles. The van der Waals surface area contributed by atoms with Gasteiger partial charge in [-0.1, -0.05) is 13.0 Å². The van der Waals surface area contributed by atoms with E-state index < -0.39 is 0 Å². The van der Waals surface area contributed by atoms with Crippen LogP contribution in [-0.2, 0) is 0 Å². The Hall–Kier alpha value is -1.35. The van der Waals surface area contributed by atoms with Crippen LogP contribution < -0.4 is 10.6 Å². The van der Waals surface area contributed by atoms with Gasteiger partial charge in [0.15, 0.2) is 0 Å². The first-order chi connectivity index (χ1) is 8.19. The minimum Gasteiger partial charge on any atom is -0.373 e. The van der Waals surface area contributed by atoms with Crippen molar-refractivity contribution in [1.82, 2.24) is 4.98 Å². The van der Waals surface area contributed by atoms with Crippen molar-refractivity contribution in [3.05, 3.63) is 36.7 Å². The van der Waals surface area contributed by atoms with Crippen molar-refractivity contribution >= 4 is 5.69 Å². The number of nitrogens with zero attached hydrogens (tertiary/aromatic N) is 2. The van der Waals surface area contributed by atoms with Gasteiger partial charge in [0.25, 0.3) is 0 Å². The molecule has 17 heavy (non-hydrogen) atoms. The van der Waals surface area contributed by atoms with Gasteiger partial charge >= 0.3 is 0 Å². The van der Waals surface area contributed by atoms with Gasteiger partial charge in [0.1, 0.15) is 0 Å². The molecular weight excluding hydrogens is 210 g/mol. The predicted molar refractivity (Wildman–Crippen MR) is 74.2 cm³/mol. The fourth-order valence-electron chi connectivity index (χ4n) is 1.65. The van der Waals surface area contributed by atoms with Crippen LogP contribution in [0.25, 0.3) is 0 Å². The molecule has 1 aromatic heterocycles. The van der Waals surface area contributed by atoms with Gasteiger partial charge in [0.05, 0.1) is 17.6 Å². The maximum atomic E-state index is 5.93. The van der Waals surface area contributed by atoms with Gasteiger partial charge in [-0.3, -0.25) is 4.98 Å². The Kier molecular flexibility index (Phi) is 5.70. The summed E-state index contributed by atoms with van der Waals surface area (Å²) < 4.78 is 0.